The van der Waals surface area contributed by atoms with Crippen LogP contribution in [0.2, 0.25) is 0 Å². The van der Waals surface area contributed by atoms with Gasteiger partial charge in [-0.2, -0.15) is 0 Å². The first kappa shape index (κ1) is 20.0. The Hall–Kier alpha value is -2.33. The topological polar surface area (TPSA) is 41.6 Å². The highest BCUT2D eigenvalue weighted by Crippen LogP contribution is 2.26. The van der Waals surface area contributed by atoms with E-state index in [0.717, 1.165) is 51.1 Å². The molecule has 0 radical (unpaired) electrons. The lowest BCUT2D eigenvalue weighted by Gasteiger charge is -2.28. The fraction of sp³-hybridized carbons (Fsp3) is 0.480. The summed E-state index contributed by atoms with van der Waals surface area (Å²) in [6.45, 7) is 5.64. The number of carbonyl (C=O) groups excluding carboxylic acids is 1. The van der Waals surface area contributed by atoms with Gasteiger partial charge in [0.15, 0.2) is 6.10 Å². The lowest BCUT2D eigenvalue weighted by molar-refractivity contribution is -0.127. The van der Waals surface area contributed by atoms with Gasteiger partial charge in [0.2, 0.25) is 0 Å². The van der Waals surface area contributed by atoms with Crippen molar-refractivity contribution in [2.24, 2.45) is 0 Å². The minimum atomic E-state index is -0.474. The third-order valence-corrected chi connectivity index (χ3v) is 6.16. The first-order valence-corrected chi connectivity index (χ1v) is 11.0. The molecule has 154 valence electrons. The average Bonchev–Trinajstić information content (AvgIpc) is 2.76. The van der Waals surface area contributed by atoms with Crippen LogP contribution in [0.3, 0.4) is 0 Å². The summed E-state index contributed by atoms with van der Waals surface area (Å²) in [5.41, 5.74) is 5.73. The molecule has 0 bridgehead atoms. The Labute approximate surface area is 174 Å². The number of nitrogens with one attached hydrogen (secondary N) is 1. The Kier molecular flexibility index (Phi) is 6.50. The van der Waals surface area contributed by atoms with E-state index in [1.165, 1.54) is 35.1 Å². The van der Waals surface area contributed by atoms with Crippen LogP contribution in [0.1, 0.15) is 48.4 Å². The van der Waals surface area contributed by atoms with E-state index in [4.69, 9.17) is 4.74 Å². The van der Waals surface area contributed by atoms with Crippen molar-refractivity contribution in [3.63, 3.8) is 0 Å². The second kappa shape index (κ2) is 9.45. The first-order chi connectivity index (χ1) is 14.2. The van der Waals surface area contributed by atoms with Crippen LogP contribution in [-0.2, 0) is 30.6 Å². The van der Waals surface area contributed by atoms with E-state index in [-0.39, 0.29) is 5.91 Å². The lowest BCUT2D eigenvalue weighted by atomic mass is 9.92. The van der Waals surface area contributed by atoms with Gasteiger partial charge in [0.25, 0.3) is 5.91 Å². The molecule has 2 aromatic carbocycles. The minimum absolute atomic E-state index is 0.0355. The third kappa shape index (κ3) is 5.18. The van der Waals surface area contributed by atoms with Crippen LogP contribution in [0.25, 0.3) is 0 Å². The van der Waals surface area contributed by atoms with Gasteiger partial charge in [-0.25, -0.2) is 0 Å². The normalized spacial score (nSPS) is 17.1. The van der Waals surface area contributed by atoms with Crippen molar-refractivity contribution in [1.82, 2.24) is 10.2 Å². The number of carbonyl (C=O) groups is 1. The largest absolute Gasteiger partial charge is 0.481 e. The van der Waals surface area contributed by atoms with Gasteiger partial charge in [-0.1, -0.05) is 30.3 Å². The van der Waals surface area contributed by atoms with E-state index >= 15 is 0 Å². The Bertz CT molecular complexity index is 848. The fourth-order valence-corrected chi connectivity index (χ4v) is 4.44. The summed E-state index contributed by atoms with van der Waals surface area (Å²) < 4.78 is 5.91. The molecule has 1 aliphatic heterocycles. The van der Waals surface area contributed by atoms with Crippen LogP contribution in [0.15, 0.2) is 42.5 Å². The zero-order chi connectivity index (χ0) is 20.1. The zero-order valence-electron chi connectivity index (χ0n) is 17.5. The smallest absolute Gasteiger partial charge is 0.260 e. The fourth-order valence-electron chi connectivity index (χ4n) is 4.44. The van der Waals surface area contributed by atoms with Gasteiger partial charge in [-0.3, -0.25) is 9.69 Å². The second-order valence-corrected chi connectivity index (χ2v) is 8.34. The summed E-state index contributed by atoms with van der Waals surface area (Å²) in [6.07, 6.45) is 6.40. The maximum atomic E-state index is 12.4. The van der Waals surface area contributed by atoms with Crippen molar-refractivity contribution in [2.75, 3.05) is 19.6 Å². The molecule has 1 atom stereocenters. The number of hydrogen-bond donors (Lipinski definition) is 1. The maximum Gasteiger partial charge on any atom is 0.260 e. The summed E-state index contributed by atoms with van der Waals surface area (Å²) in [4.78, 5) is 14.9. The number of amides is 1. The van der Waals surface area contributed by atoms with Crippen LogP contribution >= 0.6 is 0 Å². The van der Waals surface area contributed by atoms with Crippen LogP contribution in [0, 0.1) is 0 Å². The molecular formula is C25H32N2O2. The summed E-state index contributed by atoms with van der Waals surface area (Å²) >= 11 is 0. The van der Waals surface area contributed by atoms with Crippen molar-refractivity contribution in [3.8, 4) is 5.75 Å². The molecule has 0 saturated carbocycles. The van der Waals surface area contributed by atoms with Gasteiger partial charge >= 0.3 is 0 Å². The van der Waals surface area contributed by atoms with E-state index in [0.29, 0.717) is 6.54 Å². The van der Waals surface area contributed by atoms with Crippen LogP contribution in [-0.4, -0.2) is 36.5 Å². The monoisotopic (exact) mass is 392 g/mol. The average molecular weight is 393 g/mol. The van der Waals surface area contributed by atoms with E-state index in [1.54, 1.807) is 0 Å². The number of aryl methyl sites for hydroxylation is 2. The maximum absolute atomic E-state index is 12.4. The number of nitrogens with zero attached hydrogens (tertiary/aromatic N) is 1. The van der Waals surface area contributed by atoms with Crippen molar-refractivity contribution >= 4 is 5.91 Å². The summed E-state index contributed by atoms with van der Waals surface area (Å²) in [5.74, 6) is 0.770. The van der Waals surface area contributed by atoms with Gasteiger partial charge in [0.1, 0.15) is 5.75 Å². The molecule has 0 spiro atoms. The predicted molar refractivity (Wildman–Crippen MR) is 116 cm³/mol. The molecule has 1 N–H and O–H groups in total. The Morgan fingerprint density at radius 2 is 1.79 bits per heavy atom. The molecule has 0 fully saturated rings. The number of fused-ring (bicyclic) bond motifs is 2. The van der Waals surface area contributed by atoms with Crippen molar-refractivity contribution < 1.29 is 9.53 Å². The Balaban J connectivity index is 1.18. The van der Waals surface area contributed by atoms with Crippen LogP contribution < -0.4 is 10.1 Å². The van der Waals surface area contributed by atoms with Crippen LogP contribution in [0.5, 0.6) is 5.75 Å². The molecule has 4 heteroatoms. The van der Waals surface area contributed by atoms with Crippen molar-refractivity contribution in [1.29, 1.82) is 0 Å². The molecule has 4 nitrogen and oxygen atoms in total. The van der Waals surface area contributed by atoms with E-state index in [1.807, 2.05) is 13.0 Å². The number of benzene rings is 2. The molecule has 0 unspecified atom stereocenters. The van der Waals surface area contributed by atoms with Crippen molar-refractivity contribution in [2.45, 2.75) is 58.1 Å². The Morgan fingerprint density at radius 1 is 1.03 bits per heavy atom. The molecule has 0 saturated heterocycles. The summed E-state index contributed by atoms with van der Waals surface area (Å²) in [5, 5.41) is 3.03. The van der Waals surface area contributed by atoms with E-state index in [9.17, 15) is 4.79 Å². The SMILES string of the molecule is C[C@@H](Oc1ccc2c(c1)CCCC2)C(=O)NCCCN1CCc2ccccc2C1. The van der Waals surface area contributed by atoms with E-state index < -0.39 is 6.10 Å². The Morgan fingerprint density at radius 3 is 2.66 bits per heavy atom. The summed E-state index contributed by atoms with van der Waals surface area (Å²) in [7, 11) is 0. The molecule has 1 aliphatic carbocycles. The quantitative estimate of drug-likeness (QED) is 0.727. The molecule has 1 amide bonds. The minimum Gasteiger partial charge on any atom is -0.481 e. The molecule has 2 aromatic rings. The standard InChI is InChI=1S/C25H32N2O2/c1-19(29-24-12-11-20-7-2-4-9-22(20)17-24)25(28)26-14-6-15-27-16-13-21-8-3-5-10-23(21)18-27/h3,5,8,10-12,17,19H,2,4,6-7,9,13-16,18H2,1H3,(H,26,28)/t19-/m1/s1. The molecule has 29 heavy (non-hydrogen) atoms. The number of hydrogen-bond acceptors (Lipinski definition) is 3. The number of ether oxygens (including phenoxy) is 1. The molecule has 1 heterocycles. The van der Waals surface area contributed by atoms with Crippen molar-refractivity contribution in [3.05, 3.63) is 64.7 Å². The molecule has 2 aliphatic rings. The second-order valence-electron chi connectivity index (χ2n) is 8.34. The van der Waals surface area contributed by atoms with Gasteiger partial charge < -0.3 is 10.1 Å². The molecule has 0 aromatic heterocycles. The zero-order valence-corrected chi connectivity index (χ0v) is 17.5. The van der Waals surface area contributed by atoms with Gasteiger partial charge in [0, 0.05) is 26.2 Å². The van der Waals surface area contributed by atoms with E-state index in [2.05, 4.69) is 46.6 Å². The third-order valence-electron chi connectivity index (χ3n) is 6.16. The van der Waals surface area contributed by atoms with Gasteiger partial charge in [-0.15, -0.1) is 0 Å². The molecular weight excluding hydrogens is 360 g/mol. The lowest BCUT2D eigenvalue weighted by Crippen LogP contribution is -2.38. The van der Waals surface area contributed by atoms with Crippen LogP contribution in [0.4, 0.5) is 0 Å². The highest BCUT2D eigenvalue weighted by atomic mass is 16.5. The number of rotatable bonds is 7. The highest BCUT2D eigenvalue weighted by molar-refractivity contribution is 5.80. The highest BCUT2D eigenvalue weighted by Gasteiger charge is 2.17. The van der Waals surface area contributed by atoms with Gasteiger partial charge in [0.05, 0.1) is 0 Å². The first-order valence-electron chi connectivity index (χ1n) is 11.0. The summed E-state index contributed by atoms with van der Waals surface area (Å²) in [6, 6.07) is 15.0. The predicted octanol–water partition coefficient (Wildman–Crippen LogP) is 3.90. The van der Waals surface area contributed by atoms with Gasteiger partial charge in [-0.05, 0) is 79.8 Å². The molecule has 4 rings (SSSR count).